The molecule has 1 amide bonds. The third kappa shape index (κ3) is 6.38. The van der Waals surface area contributed by atoms with Gasteiger partial charge in [0.2, 0.25) is 0 Å². The summed E-state index contributed by atoms with van der Waals surface area (Å²) in [6.45, 7) is 0. The van der Waals surface area contributed by atoms with Gasteiger partial charge in [-0.15, -0.1) is 0 Å². The number of rotatable bonds is 7. The minimum Gasteiger partial charge on any atom is -0.357 e. The maximum Gasteiger partial charge on any atom is 0.251 e. The van der Waals surface area contributed by atoms with Crippen LogP contribution in [0.3, 0.4) is 0 Å². The van der Waals surface area contributed by atoms with Crippen molar-refractivity contribution in [3.05, 3.63) is 46.6 Å². The highest BCUT2D eigenvalue weighted by Gasteiger charge is 2.20. The molecule has 5 nitrogen and oxygen atoms in total. The lowest BCUT2D eigenvalue weighted by atomic mass is 9.94. The first-order valence-electron chi connectivity index (χ1n) is 11.9. The van der Waals surface area contributed by atoms with Gasteiger partial charge in [-0.25, -0.2) is 9.97 Å². The molecular weight excluding hydrogens is 440 g/mol. The number of benzene rings is 1. The van der Waals surface area contributed by atoms with Crippen molar-refractivity contribution >= 4 is 35.1 Å². The molecule has 0 bridgehead atoms. The summed E-state index contributed by atoms with van der Waals surface area (Å²) in [4.78, 5) is 24.0. The van der Waals surface area contributed by atoms with Gasteiger partial charge in [-0.1, -0.05) is 74.0 Å². The van der Waals surface area contributed by atoms with E-state index in [1.165, 1.54) is 51.4 Å². The summed E-state index contributed by atoms with van der Waals surface area (Å²) in [5.41, 5.74) is 1.86. The van der Waals surface area contributed by atoms with E-state index in [0.29, 0.717) is 22.4 Å². The lowest BCUT2D eigenvalue weighted by Gasteiger charge is -2.32. The maximum atomic E-state index is 12.5. The van der Waals surface area contributed by atoms with Gasteiger partial charge in [0.05, 0.1) is 0 Å². The first-order chi connectivity index (χ1) is 15.6. The molecule has 2 aliphatic rings. The lowest BCUT2D eigenvalue weighted by Crippen LogP contribution is -2.36. The maximum absolute atomic E-state index is 12.5. The van der Waals surface area contributed by atoms with E-state index in [1.54, 1.807) is 11.8 Å². The first-order valence-corrected chi connectivity index (χ1v) is 13.2. The predicted molar refractivity (Wildman–Crippen MR) is 133 cm³/mol. The second-order valence-electron chi connectivity index (χ2n) is 9.03. The molecule has 0 saturated heterocycles. The molecule has 2 aliphatic carbocycles. The van der Waals surface area contributed by atoms with Gasteiger partial charge in [-0.05, 0) is 43.4 Å². The van der Waals surface area contributed by atoms with E-state index < -0.39 is 0 Å². The summed E-state index contributed by atoms with van der Waals surface area (Å²) in [7, 11) is 2.11. The summed E-state index contributed by atoms with van der Waals surface area (Å²) >= 11 is 7.89. The van der Waals surface area contributed by atoms with Crippen LogP contribution in [0.5, 0.6) is 0 Å². The number of amides is 1. The summed E-state index contributed by atoms with van der Waals surface area (Å²) in [5.74, 6) is 1.66. The van der Waals surface area contributed by atoms with Gasteiger partial charge in [0.1, 0.15) is 11.0 Å². The number of nitrogens with one attached hydrogen (secondary N) is 1. The smallest absolute Gasteiger partial charge is 0.251 e. The molecule has 1 heterocycles. The highest BCUT2D eigenvalue weighted by molar-refractivity contribution is 7.98. The zero-order chi connectivity index (χ0) is 22.3. The van der Waals surface area contributed by atoms with Crippen LogP contribution in [-0.4, -0.2) is 35.0 Å². The van der Waals surface area contributed by atoms with E-state index in [2.05, 4.69) is 22.2 Å². The van der Waals surface area contributed by atoms with Crippen LogP contribution in [-0.2, 0) is 5.75 Å². The quantitative estimate of drug-likeness (QED) is 0.293. The number of carbonyl (C=O) groups excluding carboxylic acids is 1. The number of halogens is 1. The van der Waals surface area contributed by atoms with Crippen molar-refractivity contribution in [2.24, 2.45) is 0 Å². The van der Waals surface area contributed by atoms with Crippen LogP contribution in [0, 0.1) is 0 Å². The molecule has 4 rings (SSSR count). The number of carbonyl (C=O) groups is 1. The molecule has 0 radical (unpaired) electrons. The van der Waals surface area contributed by atoms with Gasteiger partial charge in [0.15, 0.2) is 5.16 Å². The summed E-state index contributed by atoms with van der Waals surface area (Å²) < 4.78 is 0. The fourth-order valence-electron chi connectivity index (χ4n) is 4.70. The number of thioether (sulfide) groups is 1. The Morgan fingerprint density at radius 1 is 1.03 bits per heavy atom. The van der Waals surface area contributed by atoms with Crippen LogP contribution in [0.15, 0.2) is 35.5 Å². The van der Waals surface area contributed by atoms with Gasteiger partial charge >= 0.3 is 0 Å². The van der Waals surface area contributed by atoms with Crippen LogP contribution in [0.1, 0.15) is 80.1 Å². The average Bonchev–Trinajstić information content (AvgIpc) is 2.83. The number of aromatic nitrogens is 2. The fourth-order valence-corrected chi connectivity index (χ4v) is 5.74. The SMILES string of the molecule is CN(c1cc(Cl)nc(SCc2ccc(C(=O)NC3CCCCC3)cc2)n1)C1CCCCC1. The van der Waals surface area contributed by atoms with E-state index >= 15 is 0 Å². The number of hydrogen-bond donors (Lipinski definition) is 1. The Morgan fingerprint density at radius 2 is 1.69 bits per heavy atom. The molecule has 0 spiro atoms. The molecule has 1 N–H and O–H groups in total. The highest BCUT2D eigenvalue weighted by atomic mass is 35.5. The normalized spacial score (nSPS) is 17.8. The van der Waals surface area contributed by atoms with Crippen molar-refractivity contribution in [1.29, 1.82) is 0 Å². The summed E-state index contributed by atoms with van der Waals surface area (Å²) in [5, 5.41) is 4.35. The van der Waals surface area contributed by atoms with Crippen LogP contribution in [0.25, 0.3) is 0 Å². The molecule has 2 fully saturated rings. The third-order valence-corrected chi connectivity index (χ3v) is 7.78. The van der Waals surface area contributed by atoms with Crippen molar-refractivity contribution in [1.82, 2.24) is 15.3 Å². The van der Waals surface area contributed by atoms with Crippen molar-refractivity contribution in [2.45, 2.75) is 87.2 Å². The molecular formula is C25H33ClN4OS. The standard InChI is InChI=1S/C25H33ClN4OS/c1-30(21-10-6-3-7-11-21)23-16-22(26)28-25(29-23)32-17-18-12-14-19(15-13-18)24(31)27-20-8-4-2-5-9-20/h12-16,20-21H,2-11,17H2,1H3,(H,27,31). The molecule has 0 atom stereocenters. The van der Waals surface area contributed by atoms with Gasteiger partial charge in [0, 0.05) is 36.5 Å². The molecule has 7 heteroatoms. The van der Waals surface area contributed by atoms with Crippen LogP contribution in [0.2, 0.25) is 5.15 Å². The van der Waals surface area contributed by atoms with Gasteiger partial charge in [0.25, 0.3) is 5.91 Å². The zero-order valence-corrected chi connectivity index (χ0v) is 20.4. The van der Waals surface area contributed by atoms with Crippen LogP contribution < -0.4 is 10.2 Å². The van der Waals surface area contributed by atoms with Crippen LogP contribution >= 0.6 is 23.4 Å². The minimum atomic E-state index is 0.0321. The molecule has 2 aromatic rings. The van der Waals surface area contributed by atoms with E-state index in [9.17, 15) is 4.79 Å². The van der Waals surface area contributed by atoms with E-state index in [4.69, 9.17) is 16.6 Å². The Balaban J connectivity index is 1.33. The van der Waals surface area contributed by atoms with Crippen molar-refractivity contribution < 1.29 is 4.79 Å². The molecule has 0 aliphatic heterocycles. The minimum absolute atomic E-state index is 0.0321. The third-order valence-electron chi connectivity index (χ3n) is 6.67. The van der Waals surface area contributed by atoms with E-state index in [0.717, 1.165) is 35.5 Å². The molecule has 172 valence electrons. The van der Waals surface area contributed by atoms with Crippen LogP contribution in [0.4, 0.5) is 5.82 Å². The zero-order valence-electron chi connectivity index (χ0n) is 18.9. The largest absolute Gasteiger partial charge is 0.357 e. The van der Waals surface area contributed by atoms with Gasteiger partial charge in [-0.3, -0.25) is 4.79 Å². The van der Waals surface area contributed by atoms with Crippen molar-refractivity contribution in [2.75, 3.05) is 11.9 Å². The Bertz CT molecular complexity index is 895. The molecule has 32 heavy (non-hydrogen) atoms. The lowest BCUT2D eigenvalue weighted by molar-refractivity contribution is 0.0927. The molecule has 1 aromatic heterocycles. The predicted octanol–water partition coefficient (Wildman–Crippen LogP) is 6.25. The average molecular weight is 473 g/mol. The number of anilines is 1. The van der Waals surface area contributed by atoms with E-state index in [-0.39, 0.29) is 5.91 Å². The van der Waals surface area contributed by atoms with E-state index in [1.807, 2.05) is 30.3 Å². The monoisotopic (exact) mass is 472 g/mol. The fraction of sp³-hybridized carbons (Fsp3) is 0.560. The Labute approximate surface area is 200 Å². The second-order valence-corrected chi connectivity index (χ2v) is 10.4. The number of hydrogen-bond acceptors (Lipinski definition) is 5. The van der Waals surface area contributed by atoms with Gasteiger partial charge < -0.3 is 10.2 Å². The Kier molecular flexibility index (Phi) is 8.31. The summed E-state index contributed by atoms with van der Waals surface area (Å²) in [6.07, 6.45) is 12.2. The molecule has 0 unspecified atom stereocenters. The highest BCUT2D eigenvalue weighted by Crippen LogP contribution is 2.29. The molecule has 1 aromatic carbocycles. The number of nitrogens with zero attached hydrogens (tertiary/aromatic N) is 3. The van der Waals surface area contributed by atoms with Crippen molar-refractivity contribution in [3.8, 4) is 0 Å². The van der Waals surface area contributed by atoms with Gasteiger partial charge in [-0.2, -0.15) is 0 Å². The first kappa shape index (κ1) is 23.4. The Hall–Kier alpha value is -1.79. The topological polar surface area (TPSA) is 58.1 Å². The summed E-state index contributed by atoms with van der Waals surface area (Å²) in [6, 6.07) is 10.6. The molecule has 2 saturated carbocycles. The second kappa shape index (κ2) is 11.4. The van der Waals surface area contributed by atoms with Crippen molar-refractivity contribution in [3.63, 3.8) is 0 Å². The Morgan fingerprint density at radius 3 is 2.38 bits per heavy atom.